The highest BCUT2D eigenvalue weighted by Gasteiger charge is 2.37. The van der Waals surface area contributed by atoms with Crippen LogP contribution in [0.2, 0.25) is 0 Å². The van der Waals surface area contributed by atoms with Crippen LogP contribution >= 0.6 is 22.9 Å². The van der Waals surface area contributed by atoms with Crippen molar-refractivity contribution in [2.75, 3.05) is 19.8 Å². The highest BCUT2D eigenvalue weighted by atomic mass is 35.5. The molecule has 1 saturated heterocycles. The highest BCUT2D eigenvalue weighted by Crippen LogP contribution is 2.35. The molecule has 0 bridgehead atoms. The third-order valence-corrected chi connectivity index (χ3v) is 5.85. The molecule has 2 aromatic rings. The Labute approximate surface area is 214 Å². The Kier molecular flexibility index (Phi) is 10.3. The first-order chi connectivity index (χ1) is 17.1. The van der Waals surface area contributed by atoms with Gasteiger partial charge in [-0.15, -0.1) is 11.3 Å². The van der Waals surface area contributed by atoms with Crippen molar-refractivity contribution in [3.63, 3.8) is 0 Å². The summed E-state index contributed by atoms with van der Waals surface area (Å²) in [6, 6.07) is 5.23. The quantitative estimate of drug-likeness (QED) is 0.228. The van der Waals surface area contributed by atoms with Crippen molar-refractivity contribution >= 4 is 56.2 Å². The molecule has 1 aromatic heterocycles. The van der Waals surface area contributed by atoms with Gasteiger partial charge in [-0.2, -0.15) is 26.3 Å². The molecule has 8 nitrogen and oxygen atoms in total. The van der Waals surface area contributed by atoms with Gasteiger partial charge in [-0.25, -0.2) is 14.6 Å². The number of rotatable bonds is 4. The van der Waals surface area contributed by atoms with Gasteiger partial charge in [0.25, 0.3) is 0 Å². The number of piperidine rings is 1. The number of hydrogen-bond donors (Lipinski definition) is 0. The van der Waals surface area contributed by atoms with E-state index < -0.39 is 48.7 Å². The SMILES string of the molecule is C[C@H]1CC[C@H](c2ccc3scnc3c2)N(C(=O)C(=O)OCC(F)(F)F)C1.O=C(Cl)C(=O)OCC(F)(F)F. The van der Waals surface area contributed by atoms with Gasteiger partial charge in [0.05, 0.1) is 21.8 Å². The molecule has 37 heavy (non-hydrogen) atoms. The summed E-state index contributed by atoms with van der Waals surface area (Å²) < 4.78 is 79.0. The van der Waals surface area contributed by atoms with Crippen molar-refractivity contribution in [3.05, 3.63) is 29.3 Å². The van der Waals surface area contributed by atoms with Crippen LogP contribution in [0.1, 0.15) is 31.4 Å². The largest absolute Gasteiger partial charge is 0.449 e. The zero-order valence-electron chi connectivity index (χ0n) is 18.9. The summed E-state index contributed by atoms with van der Waals surface area (Å²) in [4.78, 5) is 49.6. The smallest absolute Gasteiger partial charge is 0.422 e. The van der Waals surface area contributed by atoms with E-state index >= 15 is 0 Å². The molecule has 0 unspecified atom stereocenters. The summed E-state index contributed by atoms with van der Waals surface area (Å²) in [7, 11) is 0. The van der Waals surface area contributed by atoms with Gasteiger partial charge in [-0.05, 0) is 48.1 Å². The predicted molar refractivity (Wildman–Crippen MR) is 117 cm³/mol. The van der Waals surface area contributed by atoms with Crippen molar-refractivity contribution in [3.8, 4) is 0 Å². The summed E-state index contributed by atoms with van der Waals surface area (Å²) in [6.45, 7) is -1.35. The van der Waals surface area contributed by atoms with E-state index in [1.165, 1.54) is 16.2 Å². The minimum absolute atomic E-state index is 0.147. The number of likely N-dealkylation sites (tertiary alicyclic amines) is 1. The second kappa shape index (κ2) is 12.5. The molecule has 1 fully saturated rings. The zero-order valence-corrected chi connectivity index (χ0v) is 20.5. The molecule has 0 radical (unpaired) electrons. The van der Waals surface area contributed by atoms with E-state index in [1.807, 2.05) is 25.1 Å². The summed E-state index contributed by atoms with van der Waals surface area (Å²) in [6.07, 6.45) is -7.83. The standard InChI is InChI=1S/C17H17F3N2O3S.C4H2ClF3O3/c1-10-2-4-13(11-3-5-14-12(6-11)21-9-26-14)22(7-10)15(23)16(24)25-8-17(18,19)20;5-2(9)3(10)11-1-4(6,7)8/h3,5-6,9-10,13H,2,4,7-8H2,1H3;1H2/t10-,13+;/m0./s1. The molecule has 0 N–H and O–H groups in total. The van der Waals surface area contributed by atoms with Crippen LogP contribution in [0.4, 0.5) is 26.3 Å². The Morgan fingerprint density at radius 3 is 2.19 bits per heavy atom. The Bertz CT molecular complexity index is 1140. The summed E-state index contributed by atoms with van der Waals surface area (Å²) in [5.41, 5.74) is 3.32. The van der Waals surface area contributed by atoms with E-state index in [2.05, 4.69) is 26.1 Å². The van der Waals surface area contributed by atoms with Crippen LogP contribution in [0.25, 0.3) is 10.2 Å². The maximum Gasteiger partial charge on any atom is 0.422 e. The zero-order chi connectivity index (χ0) is 28.0. The van der Waals surface area contributed by atoms with Gasteiger partial charge >= 0.3 is 35.4 Å². The molecule has 16 heteroatoms. The Morgan fingerprint density at radius 1 is 1.03 bits per heavy atom. The van der Waals surface area contributed by atoms with Crippen molar-refractivity contribution in [2.24, 2.45) is 5.92 Å². The molecule has 2 atom stereocenters. The first kappa shape index (κ1) is 30.3. The monoisotopic (exact) mass is 576 g/mol. The van der Waals surface area contributed by atoms with Gasteiger partial charge in [0, 0.05) is 6.54 Å². The average molecular weight is 577 g/mol. The Morgan fingerprint density at radius 2 is 1.62 bits per heavy atom. The van der Waals surface area contributed by atoms with Crippen molar-refractivity contribution in [1.29, 1.82) is 0 Å². The van der Waals surface area contributed by atoms with Gasteiger partial charge in [0.2, 0.25) is 0 Å². The van der Waals surface area contributed by atoms with Crippen LogP contribution < -0.4 is 0 Å². The lowest BCUT2D eigenvalue weighted by atomic mass is 9.89. The number of aromatic nitrogens is 1. The number of amides is 1. The predicted octanol–water partition coefficient (Wildman–Crippen LogP) is 4.56. The third kappa shape index (κ3) is 9.80. The molecule has 0 aliphatic carbocycles. The number of fused-ring (bicyclic) bond motifs is 1. The minimum Gasteiger partial charge on any atom is -0.449 e. The molecular weight excluding hydrogens is 558 g/mol. The Balaban J connectivity index is 0.000000371. The van der Waals surface area contributed by atoms with Crippen LogP contribution in [0.3, 0.4) is 0 Å². The number of thiazole rings is 1. The number of alkyl halides is 6. The van der Waals surface area contributed by atoms with Crippen molar-refractivity contribution in [1.82, 2.24) is 9.88 Å². The number of nitrogens with zero attached hydrogens (tertiary/aromatic N) is 2. The van der Waals surface area contributed by atoms with Gasteiger partial charge in [0.15, 0.2) is 13.2 Å². The molecule has 1 aliphatic heterocycles. The molecule has 0 spiro atoms. The minimum atomic E-state index is -4.67. The fraction of sp³-hybridized carbons (Fsp3) is 0.476. The van der Waals surface area contributed by atoms with Gasteiger partial charge in [0.1, 0.15) is 0 Å². The van der Waals surface area contributed by atoms with Crippen LogP contribution in [-0.2, 0) is 28.7 Å². The molecular formula is C21H19ClF6N2O6S. The van der Waals surface area contributed by atoms with Crippen molar-refractivity contribution in [2.45, 2.75) is 38.2 Å². The van der Waals surface area contributed by atoms with Gasteiger partial charge in [-0.1, -0.05) is 13.0 Å². The molecule has 1 aliphatic rings. The van der Waals surface area contributed by atoms with Gasteiger partial charge < -0.3 is 14.4 Å². The molecule has 1 aromatic carbocycles. The number of carbonyl (C=O) groups excluding carboxylic acids is 4. The average Bonchev–Trinajstić information content (AvgIpc) is 3.27. The fourth-order valence-electron chi connectivity index (χ4n) is 3.34. The van der Waals surface area contributed by atoms with Gasteiger partial charge in [-0.3, -0.25) is 9.59 Å². The van der Waals surface area contributed by atoms with Crippen LogP contribution in [-0.4, -0.2) is 65.1 Å². The summed E-state index contributed by atoms with van der Waals surface area (Å²) in [5.74, 6) is -4.07. The number of ether oxygens (including phenoxy) is 2. The number of halogens is 7. The lowest BCUT2D eigenvalue weighted by Crippen LogP contribution is -2.45. The van der Waals surface area contributed by atoms with E-state index in [1.54, 1.807) is 5.51 Å². The normalized spacial score (nSPS) is 18.0. The van der Waals surface area contributed by atoms with E-state index in [0.29, 0.717) is 13.0 Å². The second-order valence-electron chi connectivity index (χ2n) is 7.89. The summed E-state index contributed by atoms with van der Waals surface area (Å²) >= 11 is 5.97. The number of hydrogen-bond acceptors (Lipinski definition) is 8. The molecule has 204 valence electrons. The molecule has 0 saturated carbocycles. The first-order valence-corrected chi connectivity index (χ1v) is 11.6. The number of esters is 2. The Hall–Kier alpha value is -2.94. The van der Waals surface area contributed by atoms with Crippen LogP contribution in [0.5, 0.6) is 0 Å². The number of benzene rings is 1. The lowest BCUT2D eigenvalue weighted by Gasteiger charge is -2.38. The topological polar surface area (TPSA) is 103 Å². The highest BCUT2D eigenvalue weighted by molar-refractivity contribution is 7.16. The van der Waals surface area contributed by atoms with Crippen LogP contribution in [0.15, 0.2) is 23.7 Å². The fourth-order valence-corrected chi connectivity index (χ4v) is 4.05. The van der Waals surface area contributed by atoms with Crippen LogP contribution in [0, 0.1) is 5.92 Å². The maximum atomic E-state index is 12.4. The lowest BCUT2D eigenvalue weighted by molar-refractivity contribution is -0.190. The number of carbonyl (C=O) groups is 4. The molecule has 3 rings (SSSR count). The summed E-state index contributed by atoms with van der Waals surface area (Å²) in [5, 5.41) is -1.57. The third-order valence-electron chi connectivity index (χ3n) is 4.89. The van der Waals surface area contributed by atoms with E-state index in [9.17, 15) is 45.5 Å². The molecule has 2 heterocycles. The van der Waals surface area contributed by atoms with E-state index in [4.69, 9.17) is 0 Å². The van der Waals surface area contributed by atoms with E-state index in [-0.39, 0.29) is 12.0 Å². The molecule has 1 amide bonds. The maximum absolute atomic E-state index is 12.4. The first-order valence-electron chi connectivity index (χ1n) is 10.4. The second-order valence-corrected chi connectivity index (χ2v) is 9.12. The van der Waals surface area contributed by atoms with E-state index in [0.717, 1.165) is 22.2 Å². The van der Waals surface area contributed by atoms with Crippen molar-refractivity contribution < 1.29 is 55.0 Å².